The highest BCUT2D eigenvalue weighted by atomic mass is 79.9. The Morgan fingerprint density at radius 2 is 2.27 bits per heavy atom. The van der Waals surface area contributed by atoms with Crippen molar-refractivity contribution in [1.29, 1.82) is 0 Å². The topological polar surface area (TPSA) is 56.0 Å². The number of rotatable bonds is 1. The molecule has 1 aromatic rings. The number of pyridine rings is 1. The first-order valence-corrected chi connectivity index (χ1v) is 3.82. The van der Waals surface area contributed by atoms with Crippen LogP contribution in [0.4, 0.5) is 0 Å². The molecule has 1 aromatic heterocycles. The van der Waals surface area contributed by atoms with Gasteiger partial charge in [0.25, 0.3) is 5.91 Å². The Bertz CT molecular complexity index is 298. The lowest BCUT2D eigenvalue weighted by molar-refractivity contribution is 0.0999. The first kappa shape index (κ1) is 8.20. The molecule has 0 aliphatic rings. The van der Waals surface area contributed by atoms with Crippen molar-refractivity contribution in [3.05, 3.63) is 28.0 Å². The number of primary amides is 1. The van der Waals surface area contributed by atoms with E-state index in [0.717, 1.165) is 10.0 Å². The third kappa shape index (κ3) is 1.57. The van der Waals surface area contributed by atoms with Crippen molar-refractivity contribution in [2.75, 3.05) is 0 Å². The van der Waals surface area contributed by atoms with E-state index in [1.807, 2.05) is 6.92 Å². The standard InChI is InChI=1S/C7H7BrN2O/c1-4-5(7(9)11)2-10-3-6(4)8/h2-3H,1H3,(H2,9,11). The highest BCUT2D eigenvalue weighted by Gasteiger charge is 2.06. The van der Waals surface area contributed by atoms with Crippen LogP contribution in [-0.4, -0.2) is 10.9 Å². The molecule has 0 aliphatic carbocycles. The fraction of sp³-hybridized carbons (Fsp3) is 0.143. The maximum Gasteiger partial charge on any atom is 0.250 e. The van der Waals surface area contributed by atoms with Crippen molar-refractivity contribution in [3.8, 4) is 0 Å². The highest BCUT2D eigenvalue weighted by molar-refractivity contribution is 9.10. The molecule has 0 saturated heterocycles. The molecular weight excluding hydrogens is 208 g/mol. The van der Waals surface area contributed by atoms with Gasteiger partial charge in [-0.05, 0) is 28.4 Å². The first-order valence-electron chi connectivity index (χ1n) is 3.03. The number of aromatic nitrogens is 1. The van der Waals surface area contributed by atoms with Gasteiger partial charge in [-0.15, -0.1) is 0 Å². The average molecular weight is 215 g/mol. The number of amides is 1. The van der Waals surface area contributed by atoms with Crippen LogP contribution in [0.15, 0.2) is 16.9 Å². The molecule has 0 bridgehead atoms. The molecule has 1 rings (SSSR count). The summed E-state index contributed by atoms with van der Waals surface area (Å²) in [4.78, 5) is 14.6. The molecule has 1 amide bonds. The maximum absolute atomic E-state index is 10.7. The lowest BCUT2D eigenvalue weighted by Gasteiger charge is -2.00. The van der Waals surface area contributed by atoms with Crippen molar-refractivity contribution in [2.24, 2.45) is 5.73 Å². The Balaban J connectivity index is 3.27. The predicted octanol–water partition coefficient (Wildman–Crippen LogP) is 1.25. The van der Waals surface area contributed by atoms with Gasteiger partial charge in [0.15, 0.2) is 0 Å². The zero-order chi connectivity index (χ0) is 8.43. The van der Waals surface area contributed by atoms with E-state index in [4.69, 9.17) is 5.73 Å². The van der Waals surface area contributed by atoms with Gasteiger partial charge in [0, 0.05) is 16.9 Å². The van der Waals surface area contributed by atoms with E-state index < -0.39 is 5.91 Å². The van der Waals surface area contributed by atoms with Crippen LogP contribution in [0.5, 0.6) is 0 Å². The predicted molar refractivity (Wildman–Crippen MR) is 45.2 cm³/mol. The fourth-order valence-electron chi connectivity index (χ4n) is 0.748. The summed E-state index contributed by atoms with van der Waals surface area (Å²) in [7, 11) is 0. The second-order valence-electron chi connectivity index (χ2n) is 2.16. The van der Waals surface area contributed by atoms with E-state index in [0.29, 0.717) is 5.56 Å². The molecule has 0 aromatic carbocycles. The Morgan fingerprint density at radius 3 is 2.73 bits per heavy atom. The number of carbonyl (C=O) groups is 1. The van der Waals surface area contributed by atoms with Crippen molar-refractivity contribution in [2.45, 2.75) is 6.92 Å². The molecule has 4 heteroatoms. The number of halogens is 1. The lowest BCUT2D eigenvalue weighted by atomic mass is 10.1. The van der Waals surface area contributed by atoms with Crippen molar-refractivity contribution >= 4 is 21.8 Å². The Labute approximate surface area is 72.7 Å². The van der Waals surface area contributed by atoms with E-state index in [9.17, 15) is 4.79 Å². The van der Waals surface area contributed by atoms with Crippen molar-refractivity contribution in [1.82, 2.24) is 4.98 Å². The van der Waals surface area contributed by atoms with Crippen molar-refractivity contribution < 1.29 is 4.79 Å². The maximum atomic E-state index is 10.7. The van der Waals surface area contributed by atoms with Gasteiger partial charge in [-0.2, -0.15) is 0 Å². The molecule has 58 valence electrons. The van der Waals surface area contributed by atoms with E-state index in [1.54, 1.807) is 6.20 Å². The van der Waals surface area contributed by atoms with Gasteiger partial charge in [0.2, 0.25) is 0 Å². The SMILES string of the molecule is Cc1c(Br)cncc1C(N)=O. The van der Waals surface area contributed by atoms with Crippen molar-refractivity contribution in [3.63, 3.8) is 0 Å². The summed E-state index contributed by atoms with van der Waals surface area (Å²) >= 11 is 3.24. The zero-order valence-corrected chi connectivity index (χ0v) is 7.55. The average Bonchev–Trinajstić information content (AvgIpc) is 1.94. The van der Waals surface area contributed by atoms with Gasteiger partial charge in [0.05, 0.1) is 5.56 Å². The molecule has 0 aliphatic heterocycles. The van der Waals surface area contributed by atoms with E-state index in [-0.39, 0.29) is 0 Å². The van der Waals surface area contributed by atoms with Gasteiger partial charge in [0.1, 0.15) is 0 Å². The summed E-state index contributed by atoms with van der Waals surface area (Å²) in [5.41, 5.74) is 6.37. The summed E-state index contributed by atoms with van der Waals surface area (Å²) in [6, 6.07) is 0. The van der Waals surface area contributed by atoms with Crippen LogP contribution in [-0.2, 0) is 0 Å². The molecule has 3 nitrogen and oxygen atoms in total. The smallest absolute Gasteiger partial charge is 0.250 e. The second kappa shape index (κ2) is 3.00. The van der Waals surface area contributed by atoms with Gasteiger partial charge in [-0.1, -0.05) is 0 Å². The number of nitrogens with two attached hydrogens (primary N) is 1. The van der Waals surface area contributed by atoms with Gasteiger partial charge in [-0.3, -0.25) is 9.78 Å². The van der Waals surface area contributed by atoms with Crippen LogP contribution in [0.3, 0.4) is 0 Å². The molecule has 0 atom stereocenters. The summed E-state index contributed by atoms with van der Waals surface area (Å²) < 4.78 is 0.800. The number of hydrogen-bond donors (Lipinski definition) is 1. The third-order valence-electron chi connectivity index (χ3n) is 1.42. The van der Waals surface area contributed by atoms with E-state index in [2.05, 4.69) is 20.9 Å². The number of nitrogens with zero attached hydrogens (tertiary/aromatic N) is 1. The van der Waals surface area contributed by atoms with Gasteiger partial charge in [-0.25, -0.2) is 0 Å². The minimum Gasteiger partial charge on any atom is -0.366 e. The molecule has 0 radical (unpaired) electrons. The molecule has 0 fully saturated rings. The number of hydrogen-bond acceptors (Lipinski definition) is 2. The Morgan fingerprint density at radius 1 is 1.64 bits per heavy atom. The first-order chi connectivity index (χ1) is 5.13. The van der Waals surface area contributed by atoms with Crippen LogP contribution >= 0.6 is 15.9 Å². The monoisotopic (exact) mass is 214 g/mol. The Kier molecular flexibility index (Phi) is 2.24. The molecule has 0 spiro atoms. The van der Waals surface area contributed by atoms with Crippen LogP contribution in [0.1, 0.15) is 15.9 Å². The fourth-order valence-corrected chi connectivity index (χ4v) is 1.08. The summed E-state index contributed by atoms with van der Waals surface area (Å²) in [6.45, 7) is 1.81. The lowest BCUT2D eigenvalue weighted by Crippen LogP contribution is -2.13. The van der Waals surface area contributed by atoms with Crippen LogP contribution in [0.25, 0.3) is 0 Å². The Hall–Kier alpha value is -0.900. The zero-order valence-electron chi connectivity index (χ0n) is 5.97. The molecule has 0 saturated carbocycles. The quantitative estimate of drug-likeness (QED) is 0.766. The van der Waals surface area contributed by atoms with Crippen LogP contribution in [0.2, 0.25) is 0 Å². The van der Waals surface area contributed by atoms with E-state index >= 15 is 0 Å². The van der Waals surface area contributed by atoms with Gasteiger partial charge < -0.3 is 5.73 Å². The van der Waals surface area contributed by atoms with E-state index in [1.165, 1.54) is 6.20 Å². The summed E-state index contributed by atoms with van der Waals surface area (Å²) in [5, 5.41) is 0. The minimum atomic E-state index is -0.448. The summed E-state index contributed by atoms with van der Waals surface area (Å²) in [5.74, 6) is -0.448. The largest absolute Gasteiger partial charge is 0.366 e. The van der Waals surface area contributed by atoms with Crippen LogP contribution < -0.4 is 5.73 Å². The molecule has 2 N–H and O–H groups in total. The molecular formula is C7H7BrN2O. The molecule has 0 unspecified atom stereocenters. The minimum absolute atomic E-state index is 0.448. The second-order valence-corrected chi connectivity index (χ2v) is 3.01. The molecule has 11 heavy (non-hydrogen) atoms. The number of carbonyl (C=O) groups excluding carboxylic acids is 1. The van der Waals surface area contributed by atoms with Gasteiger partial charge >= 0.3 is 0 Å². The normalized spacial score (nSPS) is 9.64. The third-order valence-corrected chi connectivity index (χ3v) is 2.22. The molecule has 1 heterocycles. The summed E-state index contributed by atoms with van der Waals surface area (Å²) in [6.07, 6.45) is 3.09. The highest BCUT2D eigenvalue weighted by Crippen LogP contribution is 2.16. The van der Waals surface area contributed by atoms with Crippen LogP contribution in [0, 0.1) is 6.92 Å².